The van der Waals surface area contributed by atoms with Gasteiger partial charge < -0.3 is 4.90 Å². The van der Waals surface area contributed by atoms with Crippen LogP contribution in [0.2, 0.25) is 0 Å². The minimum atomic E-state index is -4.64. The van der Waals surface area contributed by atoms with Crippen molar-refractivity contribution < 1.29 is 30.5 Å². The van der Waals surface area contributed by atoms with Crippen LogP contribution in [0.5, 0.6) is 0 Å². The maximum atomic E-state index is 12.0. The summed E-state index contributed by atoms with van der Waals surface area (Å²) in [6.07, 6.45) is 4.32. The van der Waals surface area contributed by atoms with Crippen molar-refractivity contribution in [1.29, 1.82) is 0 Å². The molecule has 0 aromatic heterocycles. The van der Waals surface area contributed by atoms with Gasteiger partial charge in [0, 0.05) is 30.9 Å². The number of aliphatic imine (C=N–C) groups is 1. The zero-order valence-corrected chi connectivity index (χ0v) is 19.6. The van der Waals surface area contributed by atoms with Gasteiger partial charge in [-0.2, -0.15) is 16.8 Å². The molecule has 0 unspecified atom stereocenters. The number of allylic oxidation sites excluding steroid dienone is 4. The van der Waals surface area contributed by atoms with E-state index in [0.717, 1.165) is 0 Å². The van der Waals surface area contributed by atoms with E-state index in [9.17, 15) is 25.9 Å². The van der Waals surface area contributed by atoms with E-state index in [-0.39, 0.29) is 11.4 Å². The van der Waals surface area contributed by atoms with Crippen molar-refractivity contribution in [3.05, 3.63) is 41.3 Å². The minimum absolute atomic E-state index is 0.140. The van der Waals surface area contributed by atoms with Crippen molar-refractivity contribution >= 4 is 43.0 Å². The van der Waals surface area contributed by atoms with Gasteiger partial charge in [-0.25, -0.2) is 9.57 Å². The molecule has 0 radical (unpaired) electrons. The topological polar surface area (TPSA) is 127 Å². The Kier molecular flexibility index (Phi) is 7.93. The van der Waals surface area contributed by atoms with E-state index in [1.165, 1.54) is 24.3 Å². The summed E-state index contributed by atoms with van der Waals surface area (Å²) in [5, 5.41) is 0. The third-order valence-corrected chi connectivity index (χ3v) is 6.71. The van der Waals surface area contributed by atoms with Crippen LogP contribution in [0, 0.1) is 0 Å². The van der Waals surface area contributed by atoms with Gasteiger partial charge in [-0.1, -0.05) is 0 Å². The molecular weight excluding hydrogens is 442 g/mol. The largest absolute Gasteiger partial charge is 0.372 e. The van der Waals surface area contributed by atoms with Gasteiger partial charge in [0.1, 0.15) is 22.9 Å². The third-order valence-electron chi connectivity index (χ3n) is 4.94. The number of rotatable bonds is 8. The Morgan fingerprint density at radius 2 is 1.55 bits per heavy atom. The normalized spacial score (nSPS) is 15.9. The Hall–Kier alpha value is -2.34. The summed E-state index contributed by atoms with van der Waals surface area (Å²) in [7, 11) is -9.29. The van der Waals surface area contributed by atoms with Crippen LogP contribution < -0.4 is 4.90 Å². The lowest BCUT2D eigenvalue weighted by molar-refractivity contribution is -0.519. The summed E-state index contributed by atoms with van der Waals surface area (Å²) in [6, 6.07) is 4.32. The smallest absolute Gasteiger partial charge is 0.296 e. The van der Waals surface area contributed by atoms with Crippen molar-refractivity contribution in [2.24, 2.45) is 4.99 Å². The van der Waals surface area contributed by atoms with Crippen LogP contribution in [0.4, 0.5) is 11.4 Å². The summed E-state index contributed by atoms with van der Waals surface area (Å²) < 4.78 is 69.4. The Labute approximate surface area is 183 Å². The Balaban J connectivity index is 2.72. The third kappa shape index (κ3) is 5.88. The van der Waals surface area contributed by atoms with E-state index < -0.39 is 30.0 Å². The number of anilines is 1. The van der Waals surface area contributed by atoms with Crippen molar-refractivity contribution in [3.8, 4) is 0 Å². The molecule has 11 heteroatoms. The average Bonchev–Trinajstić information content (AvgIpc) is 2.70. The lowest BCUT2D eigenvalue weighted by atomic mass is 10.1. The second-order valence-electron chi connectivity index (χ2n) is 6.71. The van der Waals surface area contributed by atoms with Crippen LogP contribution in [0.1, 0.15) is 27.7 Å². The average molecular weight is 471 g/mol. The first-order chi connectivity index (χ1) is 14.5. The molecule has 2 N–H and O–H groups in total. The summed E-state index contributed by atoms with van der Waals surface area (Å²) in [6.45, 7) is 10.1. The predicted molar refractivity (Wildman–Crippen MR) is 122 cm³/mol. The number of benzene rings is 1. The van der Waals surface area contributed by atoms with Crippen LogP contribution in [0.3, 0.4) is 0 Å². The van der Waals surface area contributed by atoms with E-state index >= 15 is 0 Å². The lowest BCUT2D eigenvalue weighted by Crippen LogP contribution is -2.24. The number of hydrogen-bond donors (Lipinski definition) is 2. The van der Waals surface area contributed by atoms with Crippen LogP contribution in [-0.4, -0.2) is 68.1 Å². The van der Waals surface area contributed by atoms with Gasteiger partial charge in [0.2, 0.25) is 5.71 Å². The van der Waals surface area contributed by atoms with E-state index in [2.05, 4.69) is 4.99 Å². The molecule has 0 saturated heterocycles. The molecule has 31 heavy (non-hydrogen) atoms. The first-order valence-electron chi connectivity index (χ1n) is 9.90. The number of nitrogens with zero attached hydrogens (tertiary/aromatic N) is 3. The number of hydrogen-bond acceptors (Lipinski definition) is 6. The van der Waals surface area contributed by atoms with Gasteiger partial charge in [0.25, 0.3) is 20.2 Å². The molecule has 170 valence electrons. The molecule has 0 atom stereocenters. The molecule has 9 nitrogen and oxygen atoms in total. The van der Waals surface area contributed by atoms with E-state index in [1.54, 1.807) is 12.1 Å². The molecule has 0 bridgehead atoms. The van der Waals surface area contributed by atoms with E-state index in [4.69, 9.17) is 0 Å². The molecule has 0 spiro atoms. The monoisotopic (exact) mass is 470 g/mol. The molecule has 0 saturated carbocycles. The summed E-state index contributed by atoms with van der Waals surface area (Å²) in [5.41, 5.74) is 0.865. The maximum Gasteiger partial charge on any atom is 0.296 e. The summed E-state index contributed by atoms with van der Waals surface area (Å²) >= 11 is 0. The molecule has 1 aromatic rings. The first kappa shape index (κ1) is 24.9. The van der Waals surface area contributed by atoms with Crippen molar-refractivity contribution in [3.63, 3.8) is 0 Å². The van der Waals surface area contributed by atoms with Gasteiger partial charge in [0.15, 0.2) is 0 Å². The predicted octanol–water partition coefficient (Wildman–Crippen LogP) is 2.69. The van der Waals surface area contributed by atoms with Crippen molar-refractivity contribution in [2.75, 3.05) is 31.1 Å². The standard InChI is InChI=1S/C20H27N3O6S2/c1-5-22(6-2)15-9-11-17(19(13-15)30(24,25)26)21-18-12-10-16(23(7-3)8-4)14-20(18)31(27,28)29/h9-14H,5-8H2,1-4H3,(H-,24,25,26,27,28,29)/p+1. The SMILES string of the molecule is CCN(CC)c1ccc(N=C2C=CC(=[N+](CC)CC)C=C2S(=O)(=O)O)c(S(=O)(=O)O)c1. The molecule has 0 aliphatic heterocycles. The minimum Gasteiger partial charge on any atom is -0.372 e. The fraction of sp³-hybridized carbons (Fsp3) is 0.400. The zero-order valence-electron chi connectivity index (χ0n) is 18.0. The van der Waals surface area contributed by atoms with Crippen LogP contribution in [-0.2, 0) is 20.2 Å². The van der Waals surface area contributed by atoms with Crippen molar-refractivity contribution in [1.82, 2.24) is 0 Å². The highest BCUT2D eigenvalue weighted by molar-refractivity contribution is 7.91. The highest BCUT2D eigenvalue weighted by Crippen LogP contribution is 2.31. The fourth-order valence-electron chi connectivity index (χ4n) is 3.30. The second-order valence-corrected chi connectivity index (χ2v) is 9.49. The first-order valence-corrected chi connectivity index (χ1v) is 12.8. The molecular formula is C20H28N3O6S2+. The van der Waals surface area contributed by atoms with Gasteiger partial charge in [-0.05, 0) is 52.0 Å². The Bertz CT molecular complexity index is 1170. The molecule has 0 fully saturated rings. The molecule has 0 amide bonds. The molecule has 1 aromatic carbocycles. The highest BCUT2D eigenvalue weighted by atomic mass is 32.2. The van der Waals surface area contributed by atoms with Crippen LogP contribution >= 0.6 is 0 Å². The van der Waals surface area contributed by atoms with Crippen LogP contribution in [0.25, 0.3) is 0 Å². The van der Waals surface area contributed by atoms with E-state index in [1.807, 2.05) is 37.2 Å². The molecule has 1 aliphatic rings. The van der Waals surface area contributed by atoms with Gasteiger partial charge in [-0.3, -0.25) is 9.11 Å². The second kappa shape index (κ2) is 9.86. The van der Waals surface area contributed by atoms with E-state index in [0.29, 0.717) is 37.6 Å². The van der Waals surface area contributed by atoms with Gasteiger partial charge >= 0.3 is 0 Å². The van der Waals surface area contributed by atoms with Gasteiger partial charge in [0.05, 0.1) is 11.4 Å². The fourth-order valence-corrected chi connectivity index (χ4v) is 4.60. The Morgan fingerprint density at radius 3 is 2.03 bits per heavy atom. The quantitative estimate of drug-likeness (QED) is 0.340. The van der Waals surface area contributed by atoms with Crippen LogP contribution in [0.15, 0.2) is 51.2 Å². The lowest BCUT2D eigenvalue weighted by Gasteiger charge is -2.22. The summed E-state index contributed by atoms with van der Waals surface area (Å²) in [5.74, 6) is 0. The van der Waals surface area contributed by atoms with Gasteiger partial charge in [-0.15, -0.1) is 0 Å². The molecule has 2 rings (SSSR count). The highest BCUT2D eigenvalue weighted by Gasteiger charge is 2.26. The maximum absolute atomic E-state index is 12.0. The molecule has 1 aliphatic carbocycles. The zero-order chi connectivity index (χ0) is 23.4. The Morgan fingerprint density at radius 1 is 0.935 bits per heavy atom. The molecule has 0 heterocycles. The van der Waals surface area contributed by atoms with Crippen molar-refractivity contribution in [2.45, 2.75) is 32.6 Å². The summed E-state index contributed by atoms with van der Waals surface area (Å²) in [4.78, 5) is 5.15.